The van der Waals surface area contributed by atoms with Crippen molar-refractivity contribution in [2.45, 2.75) is 81.0 Å². The molecule has 8 heteroatoms. The van der Waals surface area contributed by atoms with Gasteiger partial charge in [-0.25, -0.2) is 0 Å². The van der Waals surface area contributed by atoms with Crippen molar-refractivity contribution >= 4 is 29.5 Å². The quantitative estimate of drug-likeness (QED) is 0.253. The van der Waals surface area contributed by atoms with Crippen molar-refractivity contribution in [3.63, 3.8) is 0 Å². The molecule has 1 aromatic carbocycles. The van der Waals surface area contributed by atoms with Gasteiger partial charge in [-0.2, -0.15) is 0 Å². The average molecular weight is 568 g/mol. The number of fused-ring (bicyclic) bond motifs is 1. The Balaban J connectivity index is 1.66. The first-order chi connectivity index (χ1) is 19.3. The lowest BCUT2D eigenvalue weighted by Crippen LogP contribution is -2.56. The smallest absolute Gasteiger partial charge is 0.247 e. The predicted octanol–water partition coefficient (Wildman–Crippen LogP) is 4.27. The Morgan fingerprint density at radius 2 is 1.80 bits per heavy atom. The third-order valence-corrected chi connectivity index (χ3v) is 10.7. The van der Waals surface area contributed by atoms with Crippen LogP contribution in [0.5, 0.6) is 0 Å². The molecule has 1 aromatic rings. The summed E-state index contributed by atoms with van der Waals surface area (Å²) < 4.78 is -0.592. The number of amides is 3. The summed E-state index contributed by atoms with van der Waals surface area (Å²) in [6, 6.07) is 9.29. The summed E-state index contributed by atoms with van der Waals surface area (Å²) in [5.41, 5.74) is 1.04. The van der Waals surface area contributed by atoms with Crippen molar-refractivity contribution < 1.29 is 19.5 Å². The molecular formula is C32H45N3O4S. The normalized spacial score (nSPS) is 26.7. The van der Waals surface area contributed by atoms with E-state index in [2.05, 4.69) is 13.2 Å². The molecule has 3 saturated heterocycles. The fourth-order valence-electron chi connectivity index (χ4n) is 6.96. The van der Waals surface area contributed by atoms with E-state index < -0.39 is 22.6 Å². The second-order valence-corrected chi connectivity index (χ2v) is 13.2. The number of aliphatic hydroxyl groups excluding tert-OH is 1. The van der Waals surface area contributed by atoms with E-state index in [0.717, 1.165) is 44.1 Å². The molecule has 4 rings (SSSR count). The predicted molar refractivity (Wildman–Crippen MR) is 160 cm³/mol. The third-order valence-electron chi connectivity index (χ3n) is 8.74. The highest BCUT2D eigenvalue weighted by Gasteiger charge is 2.74. The Morgan fingerprint density at radius 3 is 2.45 bits per heavy atom. The molecule has 3 fully saturated rings. The van der Waals surface area contributed by atoms with Crippen LogP contribution in [0.4, 0.5) is 0 Å². The SMILES string of the molecule is C=CCN(Cc1ccccc1)C(=O)[C@@H]1[C@@H]2CCC3(S2)C(C(=O)N(CC=C)C(C)C)N(CCCCCCO)C(=O)[C@H]13. The number of aliphatic hydroxyl groups is 1. The number of carbonyl (C=O) groups is 3. The Bertz CT molecular complexity index is 1080. The molecule has 2 bridgehead atoms. The number of hydrogen-bond donors (Lipinski definition) is 1. The van der Waals surface area contributed by atoms with Crippen LogP contribution < -0.4 is 0 Å². The highest BCUT2D eigenvalue weighted by Crippen LogP contribution is 2.66. The molecular weight excluding hydrogens is 522 g/mol. The molecule has 0 saturated carbocycles. The molecule has 3 aliphatic rings. The summed E-state index contributed by atoms with van der Waals surface area (Å²) in [6.45, 7) is 13.7. The Hall–Kier alpha value is -2.58. The molecule has 1 N–H and O–H groups in total. The fourth-order valence-corrected chi connectivity index (χ4v) is 9.16. The Morgan fingerprint density at radius 1 is 1.10 bits per heavy atom. The summed E-state index contributed by atoms with van der Waals surface area (Å²) in [5.74, 6) is -1.04. The van der Waals surface area contributed by atoms with Crippen LogP contribution in [0.1, 0.15) is 57.9 Å². The van der Waals surface area contributed by atoms with Crippen molar-refractivity contribution in [2.75, 3.05) is 26.2 Å². The number of rotatable bonds is 15. The molecule has 0 aromatic heterocycles. The topological polar surface area (TPSA) is 81.2 Å². The number of hydrogen-bond acceptors (Lipinski definition) is 5. The largest absolute Gasteiger partial charge is 0.396 e. The van der Waals surface area contributed by atoms with Gasteiger partial charge >= 0.3 is 0 Å². The van der Waals surface area contributed by atoms with Gasteiger partial charge in [0.05, 0.1) is 16.6 Å². The van der Waals surface area contributed by atoms with Gasteiger partial charge in [-0.3, -0.25) is 14.4 Å². The molecule has 7 nitrogen and oxygen atoms in total. The van der Waals surface area contributed by atoms with Crippen LogP contribution in [-0.4, -0.2) is 85.8 Å². The highest BCUT2D eigenvalue weighted by molar-refractivity contribution is 8.02. The van der Waals surface area contributed by atoms with E-state index in [9.17, 15) is 14.4 Å². The van der Waals surface area contributed by atoms with Gasteiger partial charge in [-0.15, -0.1) is 24.9 Å². The van der Waals surface area contributed by atoms with Gasteiger partial charge in [0.2, 0.25) is 17.7 Å². The van der Waals surface area contributed by atoms with Crippen molar-refractivity contribution in [3.05, 3.63) is 61.2 Å². The molecule has 0 radical (unpaired) electrons. The van der Waals surface area contributed by atoms with E-state index in [0.29, 0.717) is 26.2 Å². The monoisotopic (exact) mass is 567 g/mol. The van der Waals surface area contributed by atoms with E-state index >= 15 is 0 Å². The number of benzene rings is 1. The van der Waals surface area contributed by atoms with Crippen LogP contribution in [-0.2, 0) is 20.9 Å². The van der Waals surface area contributed by atoms with E-state index in [4.69, 9.17) is 5.11 Å². The first-order valence-electron chi connectivity index (χ1n) is 14.7. The maximum absolute atomic E-state index is 14.3. The van der Waals surface area contributed by atoms with E-state index in [1.54, 1.807) is 23.9 Å². The summed E-state index contributed by atoms with van der Waals surface area (Å²) >= 11 is 1.72. The zero-order valence-electron chi connectivity index (χ0n) is 24.0. The first-order valence-corrected chi connectivity index (χ1v) is 15.6. The molecule has 2 unspecified atom stereocenters. The maximum Gasteiger partial charge on any atom is 0.247 e. The fraction of sp³-hybridized carbons (Fsp3) is 0.594. The number of unbranched alkanes of at least 4 members (excludes halogenated alkanes) is 3. The van der Waals surface area contributed by atoms with Crippen LogP contribution in [0, 0.1) is 11.8 Å². The van der Waals surface area contributed by atoms with Crippen molar-refractivity contribution in [3.8, 4) is 0 Å². The van der Waals surface area contributed by atoms with Crippen LogP contribution in [0.3, 0.4) is 0 Å². The van der Waals surface area contributed by atoms with Crippen molar-refractivity contribution in [2.24, 2.45) is 11.8 Å². The molecule has 0 aliphatic carbocycles. The molecule has 218 valence electrons. The third kappa shape index (κ3) is 5.75. The maximum atomic E-state index is 14.3. The molecule has 3 aliphatic heterocycles. The zero-order valence-corrected chi connectivity index (χ0v) is 24.9. The lowest BCUT2D eigenvalue weighted by atomic mass is 9.70. The summed E-state index contributed by atoms with van der Waals surface area (Å²) in [6.07, 6.45) is 8.35. The van der Waals surface area contributed by atoms with Gasteiger partial charge in [0.15, 0.2) is 0 Å². The van der Waals surface area contributed by atoms with Crippen LogP contribution in [0.2, 0.25) is 0 Å². The van der Waals surface area contributed by atoms with Gasteiger partial charge in [0, 0.05) is 44.1 Å². The standard InChI is InChI=1S/C32H45N3O4S/c1-5-18-33(22-24-14-10-9-11-15-24)29(37)26-25-16-17-32(40-25)27(26)30(38)35(20-12-7-8-13-21-36)28(32)31(39)34(19-6-2)23(3)4/h5-6,9-11,14-15,23,25-28,36H,1-2,7-8,12-13,16-22H2,3-4H3/t25-,26+,27-,28?,32?/m0/s1. The number of likely N-dealkylation sites (tertiary alicyclic amines) is 1. The average Bonchev–Trinajstić information content (AvgIpc) is 3.58. The number of thioether (sulfide) groups is 1. The van der Waals surface area contributed by atoms with Crippen molar-refractivity contribution in [1.82, 2.24) is 14.7 Å². The van der Waals surface area contributed by atoms with Gasteiger partial charge in [0.25, 0.3) is 0 Å². The minimum atomic E-state index is -0.592. The molecule has 5 atom stereocenters. The summed E-state index contributed by atoms with van der Waals surface area (Å²) in [7, 11) is 0. The lowest BCUT2D eigenvalue weighted by Gasteiger charge is -2.39. The van der Waals surface area contributed by atoms with Crippen LogP contribution in [0.25, 0.3) is 0 Å². The summed E-state index contributed by atoms with van der Waals surface area (Å²) in [4.78, 5) is 48.3. The Labute approximate surface area is 243 Å². The molecule has 3 heterocycles. The molecule has 1 spiro atoms. The van der Waals surface area contributed by atoms with E-state index in [1.807, 2.05) is 58.9 Å². The zero-order chi connectivity index (χ0) is 28.9. The number of nitrogens with zero attached hydrogens (tertiary/aromatic N) is 3. The van der Waals surface area contributed by atoms with Gasteiger partial charge in [-0.05, 0) is 45.1 Å². The van der Waals surface area contributed by atoms with Crippen LogP contribution >= 0.6 is 11.8 Å². The van der Waals surface area contributed by atoms with E-state index in [1.165, 1.54) is 0 Å². The van der Waals surface area contributed by atoms with Gasteiger partial charge in [0.1, 0.15) is 6.04 Å². The minimum Gasteiger partial charge on any atom is -0.396 e. The van der Waals surface area contributed by atoms with E-state index in [-0.39, 0.29) is 35.6 Å². The second-order valence-electron chi connectivity index (χ2n) is 11.6. The molecule has 3 amide bonds. The molecule has 40 heavy (non-hydrogen) atoms. The Kier molecular flexibility index (Phi) is 10.2. The summed E-state index contributed by atoms with van der Waals surface area (Å²) in [5, 5.41) is 9.19. The number of carbonyl (C=O) groups excluding carboxylic acids is 3. The second kappa shape index (κ2) is 13.4. The van der Waals surface area contributed by atoms with Crippen molar-refractivity contribution in [1.29, 1.82) is 0 Å². The van der Waals surface area contributed by atoms with Crippen LogP contribution in [0.15, 0.2) is 55.6 Å². The highest BCUT2D eigenvalue weighted by atomic mass is 32.2. The first kappa shape index (κ1) is 30.4. The van der Waals surface area contributed by atoms with Gasteiger partial charge < -0.3 is 19.8 Å². The minimum absolute atomic E-state index is 0.0102. The van der Waals surface area contributed by atoms with Gasteiger partial charge in [-0.1, -0.05) is 55.3 Å². The lowest BCUT2D eigenvalue weighted by molar-refractivity contribution is -0.145.